The molecule has 0 heterocycles. The molecule has 0 aliphatic rings. The van der Waals surface area contributed by atoms with E-state index in [9.17, 15) is 117 Å². The lowest BCUT2D eigenvalue weighted by Gasteiger charge is -2.21. The van der Waals surface area contributed by atoms with Crippen LogP contribution in [0.5, 0.6) is 17.2 Å². The molecule has 0 saturated carbocycles. The summed E-state index contributed by atoms with van der Waals surface area (Å²) in [5, 5.41) is 73.6. The number of ether oxygens (including phenoxy) is 3. The Morgan fingerprint density at radius 3 is 0.829 bits per heavy atom. The number of ketones is 1. The van der Waals surface area contributed by atoms with Crippen LogP contribution >= 0.6 is 63.5 Å². The topological polar surface area (TPSA) is 821 Å². The number of nitrogens with one attached hydrogen (secondary N) is 7. The number of amides is 7. The quantitative estimate of drug-likeness (QED) is 0.00911. The highest BCUT2D eigenvalue weighted by Crippen LogP contribution is 2.58. The van der Waals surface area contributed by atoms with Crippen molar-refractivity contribution in [1.29, 1.82) is 0 Å². The first-order valence-corrected chi connectivity index (χ1v) is 44.1. The Morgan fingerprint density at radius 2 is 0.550 bits per heavy atom. The first-order chi connectivity index (χ1) is 51.6. The maximum absolute atomic E-state index is 14.0. The second kappa shape index (κ2) is 44.4. The molecule has 31 N–H and O–H groups in total. The zero-order chi connectivity index (χ0) is 83.5. The molecule has 62 heteroatoms. The van der Waals surface area contributed by atoms with Gasteiger partial charge in [-0.15, -0.1) is 0 Å². The van der Waals surface area contributed by atoms with Gasteiger partial charge in [0.25, 0.3) is 35.4 Å². The molecule has 4 aromatic rings. The van der Waals surface area contributed by atoms with E-state index < -0.39 is 229 Å². The molecule has 0 aliphatic carbocycles. The Kier molecular flexibility index (Phi) is 39.0. The van der Waals surface area contributed by atoms with Crippen LogP contribution in [0.4, 0.5) is 0 Å². The van der Waals surface area contributed by atoms with Gasteiger partial charge in [0.05, 0.1) is 32.7 Å². The van der Waals surface area contributed by atoms with E-state index in [1.54, 1.807) is 31.2 Å². The van der Waals surface area contributed by atoms with Gasteiger partial charge >= 0.3 is 63.5 Å². The van der Waals surface area contributed by atoms with Crippen LogP contribution in [-0.2, 0) is 76.4 Å². The van der Waals surface area contributed by atoms with Gasteiger partial charge in [0.15, 0.2) is 5.78 Å². The first-order valence-electron chi connectivity index (χ1n) is 29.8. The maximum Gasteiger partial charge on any atom is 0.460 e. The minimum absolute atomic E-state index is 0.0848. The largest absolute Gasteiger partial charge is 0.489 e. The SMILES string of the molecule is Cc1ccc(OCc2cc(OCc3cc(C(=O)CNC(=O)CN(C[P+](O)(O)OO)C[P+](O)(O)OO)cc(C(=O)NNC(=O)CN(C[P+](O)(O)OO)C[P+](O)(O)OO)c3)cc(OCc3cc(C(=O)NNC(=O)CN(C[P+](O)(O)OO)C[P+](O)(O)OO)cc(C(=O)NNC(=O)CN(C[P+](O)(O)OO)C[P+](O)(O)OO)c3)c2)cc1. The molecule has 111 heavy (non-hydrogen) atoms. The van der Waals surface area contributed by atoms with Gasteiger partial charge < -0.3 is 19.5 Å². The lowest BCUT2D eigenvalue weighted by molar-refractivity contribution is -0.158. The fraction of sp³-hybridized carbons (Fsp3) is 0.347. The van der Waals surface area contributed by atoms with E-state index in [0.717, 1.165) is 42.0 Å². The normalized spacial score (nSPS) is 12.6. The van der Waals surface area contributed by atoms with E-state index in [0.29, 0.717) is 25.3 Å². The van der Waals surface area contributed by atoms with Crippen molar-refractivity contribution >= 4 is 111 Å². The van der Waals surface area contributed by atoms with Crippen molar-refractivity contribution in [2.24, 2.45) is 0 Å². The van der Waals surface area contributed by atoms with Gasteiger partial charge in [0.1, 0.15) is 37.1 Å². The predicted molar refractivity (Wildman–Crippen MR) is 374 cm³/mol. The third kappa shape index (κ3) is 37.2. The molecule has 0 aromatic heterocycles. The van der Waals surface area contributed by atoms with Crippen molar-refractivity contribution in [3.05, 3.63) is 123 Å². The van der Waals surface area contributed by atoms with Crippen molar-refractivity contribution < 1.29 is 210 Å². The summed E-state index contributed by atoms with van der Waals surface area (Å²) in [6.07, 6.45) is -9.65. The molecule has 7 amide bonds. The van der Waals surface area contributed by atoms with Gasteiger partial charge in [-0.25, -0.2) is 61.7 Å². The smallest absolute Gasteiger partial charge is 0.460 e. The summed E-state index contributed by atoms with van der Waals surface area (Å²) in [7, 11) is -38.2. The van der Waals surface area contributed by atoms with Crippen LogP contribution in [0.1, 0.15) is 63.7 Å². The van der Waals surface area contributed by atoms with Crippen LogP contribution in [0, 0.1) is 6.92 Å². The highest BCUT2D eigenvalue weighted by atomic mass is 31.2. The minimum Gasteiger partial charge on any atom is -0.489 e. The molecule has 0 radical (unpaired) electrons. The predicted octanol–water partition coefficient (Wildman–Crippen LogP) is -2.92. The molecule has 54 nitrogen and oxygen atoms in total. The molecule has 620 valence electrons. The molecule has 0 aliphatic heterocycles. The number of benzene rings is 4. The summed E-state index contributed by atoms with van der Waals surface area (Å²) >= 11 is 0. The summed E-state index contributed by atoms with van der Waals surface area (Å²) < 4.78 is 47.1. The third-order valence-corrected chi connectivity index (χ3v) is 21.5. The first kappa shape index (κ1) is 97.6. The van der Waals surface area contributed by atoms with E-state index in [4.69, 9.17) is 56.3 Å². The van der Waals surface area contributed by atoms with Crippen LogP contribution < -0.4 is 52.1 Å². The lowest BCUT2D eigenvalue weighted by atomic mass is 10.0. The van der Waals surface area contributed by atoms with E-state index in [1.807, 2.05) is 32.6 Å². The Morgan fingerprint density at radius 1 is 0.306 bits per heavy atom. The molecular formula is C49H79N11O43P8+8. The van der Waals surface area contributed by atoms with Crippen molar-refractivity contribution in [3.8, 4) is 17.2 Å². The number of hydrogen-bond donors (Lipinski definition) is 31. The number of nitrogens with zero attached hydrogens (tertiary/aromatic N) is 4. The van der Waals surface area contributed by atoms with Crippen LogP contribution in [0.25, 0.3) is 0 Å². The molecule has 0 unspecified atom stereocenters. The van der Waals surface area contributed by atoms with Crippen molar-refractivity contribution in [2.75, 3.05) is 83.0 Å². The zero-order valence-electron chi connectivity index (χ0n) is 56.7. The maximum atomic E-state index is 14.0. The number of rotatable bonds is 47. The lowest BCUT2D eigenvalue weighted by Crippen LogP contribution is -2.47. The van der Waals surface area contributed by atoms with E-state index in [1.165, 1.54) is 18.2 Å². The number of carbonyl (C=O) groups excluding carboxylic acids is 8. The van der Waals surface area contributed by atoms with Crippen molar-refractivity contribution in [1.82, 2.24) is 57.5 Å². The average molecular weight is 1760 g/mol. The number of aryl methyl sites for hydroxylation is 1. The molecule has 0 saturated heterocycles. The average Bonchev–Trinajstić information content (AvgIpc) is 0.830. The number of hydrazine groups is 3. The second-order valence-electron chi connectivity index (χ2n) is 23.0. The second-order valence-corrected chi connectivity index (χ2v) is 37.2. The fourth-order valence-corrected chi connectivity index (χ4v) is 15.7. The molecule has 0 fully saturated rings. The summed E-state index contributed by atoms with van der Waals surface area (Å²) in [6, 6.07) is 16.8. The van der Waals surface area contributed by atoms with Crippen LogP contribution in [0.2, 0.25) is 0 Å². The summed E-state index contributed by atoms with van der Waals surface area (Å²) in [5.74, 6) is -9.76. The Bertz CT molecular complexity index is 3330. The summed E-state index contributed by atoms with van der Waals surface area (Å²) in [5.41, 5.74) is 10.5. The van der Waals surface area contributed by atoms with Crippen molar-refractivity contribution in [3.63, 3.8) is 0 Å². The van der Waals surface area contributed by atoms with Gasteiger partial charge in [-0.05, 0) is 122 Å². The highest BCUT2D eigenvalue weighted by molar-refractivity contribution is 7.62. The Labute approximate surface area is 626 Å². The fourth-order valence-electron chi connectivity index (χ4n) is 8.85. The Balaban J connectivity index is 1.79. The van der Waals surface area contributed by atoms with E-state index >= 15 is 0 Å². The molecular weight excluding hydrogens is 1680 g/mol. The molecule has 4 rings (SSSR count). The monoisotopic (exact) mass is 1760 g/mol. The van der Waals surface area contributed by atoms with Gasteiger partial charge in [0, 0.05) is 28.3 Å². The molecule has 4 aromatic carbocycles. The van der Waals surface area contributed by atoms with Gasteiger partial charge in [-0.2, -0.15) is 78.3 Å². The molecule has 0 bridgehead atoms. The minimum atomic E-state index is -4.78. The Hall–Kier alpha value is -5.76. The van der Waals surface area contributed by atoms with E-state index in [-0.39, 0.29) is 34.8 Å². The summed E-state index contributed by atoms with van der Waals surface area (Å²) in [4.78, 5) is 269. The standard InChI is InChI=1S/C49H71N11O43P8/c1-31-2-4-39(5-3-31)93-22-34-10-40(94-20-32-6-35(42(61)15-50-43(62)16-57(23-104(77,78)96-69)24-105(79,80)97-70)12-36(7-32)47(66)54-51-44(63)17-58(25-106(81,82)98-71)26-107(83,84)99-72)14-41(11-34)95-21-33-8-37(48(67)55-52-45(64)18-59(27-108(85,86)100-73)28-109(87,88)101-74)13-38(9-33)49(68)56-53-46(65)19-60(29-110(89,90)102-75)30-111(91,92)103-76/h2-14,77-92H,15-30H2,1H3,(H7-8,50,51,52,53,54,55,56,62,63,64,65,66,67,68,69,70,71,72,73,74,75,76)/p+8. The number of hydrogen-bond acceptors (Lipinski definition) is 47. The van der Waals surface area contributed by atoms with Crippen LogP contribution in [0.3, 0.4) is 0 Å². The van der Waals surface area contributed by atoms with Gasteiger partial charge in [-0.3, -0.25) is 70.9 Å². The van der Waals surface area contributed by atoms with E-state index in [2.05, 4.69) is 42.7 Å². The molecule has 0 spiro atoms. The number of carbonyl (C=O) groups is 8. The third-order valence-electron chi connectivity index (χ3n) is 13.3. The van der Waals surface area contributed by atoms with Crippen LogP contribution in [0.15, 0.2) is 78.9 Å². The summed E-state index contributed by atoms with van der Waals surface area (Å²) in [6.45, 7) is -5.10. The van der Waals surface area contributed by atoms with Gasteiger partial charge in [0.2, 0.25) is 56.2 Å². The highest BCUT2D eigenvalue weighted by Gasteiger charge is 2.51. The van der Waals surface area contributed by atoms with Gasteiger partial charge in [-0.1, -0.05) is 17.7 Å². The zero-order valence-corrected chi connectivity index (χ0v) is 63.8. The van der Waals surface area contributed by atoms with Crippen LogP contribution in [-0.4, -0.2) is 270 Å². The molecule has 0 atom stereocenters. The van der Waals surface area contributed by atoms with Crippen molar-refractivity contribution in [2.45, 2.75) is 26.7 Å². The number of Topliss-reactive ketones (excluding diaryl/α,β-unsaturated/α-hetero) is 1.